The molecule has 2 atom stereocenters. The number of hydrogen-bond donors (Lipinski definition) is 1. The van der Waals surface area contributed by atoms with Gasteiger partial charge >= 0.3 is 0 Å². The third-order valence-electron chi connectivity index (χ3n) is 5.07. The van der Waals surface area contributed by atoms with Crippen molar-refractivity contribution in [3.05, 3.63) is 21.9 Å². The van der Waals surface area contributed by atoms with Crippen molar-refractivity contribution >= 4 is 11.3 Å². The molecule has 0 spiro atoms. The van der Waals surface area contributed by atoms with Gasteiger partial charge in [0.1, 0.15) is 0 Å². The van der Waals surface area contributed by atoms with Crippen LogP contribution in [-0.2, 0) is 6.42 Å². The van der Waals surface area contributed by atoms with E-state index >= 15 is 0 Å². The van der Waals surface area contributed by atoms with Crippen molar-refractivity contribution in [2.75, 3.05) is 7.05 Å². The molecule has 0 aliphatic heterocycles. The van der Waals surface area contributed by atoms with E-state index in [9.17, 15) is 0 Å². The largest absolute Gasteiger partial charge is 0.316 e. The predicted octanol–water partition coefficient (Wildman–Crippen LogP) is 5.90. The molecule has 0 aromatic carbocycles. The highest BCUT2D eigenvalue weighted by molar-refractivity contribution is 7.10. The Morgan fingerprint density at radius 2 is 1.95 bits per heavy atom. The van der Waals surface area contributed by atoms with E-state index in [1.165, 1.54) is 70.6 Å². The lowest BCUT2D eigenvalue weighted by atomic mass is 9.80. The van der Waals surface area contributed by atoms with Crippen molar-refractivity contribution in [1.29, 1.82) is 0 Å². The van der Waals surface area contributed by atoms with Crippen LogP contribution < -0.4 is 5.32 Å². The van der Waals surface area contributed by atoms with Crippen molar-refractivity contribution in [3.8, 4) is 0 Å². The maximum Gasteiger partial charge on any atom is 0.0133 e. The van der Waals surface area contributed by atoms with Crippen LogP contribution in [0.3, 0.4) is 0 Å². The third kappa shape index (κ3) is 5.10. The molecule has 0 saturated heterocycles. The first kappa shape index (κ1) is 17.0. The Bertz CT molecular complexity index is 385. The quantitative estimate of drug-likeness (QED) is 0.531. The number of thiophene rings is 1. The Labute approximate surface area is 135 Å². The molecule has 0 saturated carbocycles. The summed E-state index contributed by atoms with van der Waals surface area (Å²) in [5.41, 5.74) is 1.66. The smallest absolute Gasteiger partial charge is 0.0133 e. The summed E-state index contributed by atoms with van der Waals surface area (Å²) in [5.74, 6) is 0.769. The number of rotatable bonds is 10. The summed E-state index contributed by atoms with van der Waals surface area (Å²) in [5, 5.41) is 5.91. The summed E-state index contributed by atoms with van der Waals surface area (Å²) in [6, 6.07) is 3.08. The van der Waals surface area contributed by atoms with Gasteiger partial charge in [0, 0.05) is 16.8 Å². The number of likely N-dealkylation sites (N-methyl/N-ethyl adjacent to an activating group) is 1. The molecule has 120 valence electrons. The number of unbranched alkanes of at least 4 members (excludes halogenated alkanes) is 6. The molecule has 0 amide bonds. The van der Waals surface area contributed by atoms with Crippen molar-refractivity contribution in [3.63, 3.8) is 0 Å². The Morgan fingerprint density at radius 3 is 2.71 bits per heavy atom. The lowest BCUT2D eigenvalue weighted by Crippen LogP contribution is -2.33. The van der Waals surface area contributed by atoms with E-state index in [0.717, 1.165) is 5.92 Å². The Hall–Kier alpha value is -0.340. The van der Waals surface area contributed by atoms with Gasteiger partial charge in [0.05, 0.1) is 0 Å². The molecule has 1 N–H and O–H groups in total. The second-order valence-electron chi connectivity index (χ2n) is 6.60. The van der Waals surface area contributed by atoms with Gasteiger partial charge in [-0.05, 0) is 49.7 Å². The molecule has 1 heterocycles. The SMILES string of the molecule is CCCCCCCCCC(NC)C1CCCc2sccc21. The predicted molar refractivity (Wildman–Crippen MR) is 95.5 cm³/mol. The highest BCUT2D eigenvalue weighted by atomic mass is 32.1. The van der Waals surface area contributed by atoms with Gasteiger partial charge in [-0.25, -0.2) is 0 Å². The van der Waals surface area contributed by atoms with E-state index in [4.69, 9.17) is 0 Å². The maximum absolute atomic E-state index is 3.62. The van der Waals surface area contributed by atoms with Crippen molar-refractivity contribution in [2.24, 2.45) is 0 Å². The van der Waals surface area contributed by atoms with Crippen molar-refractivity contribution in [1.82, 2.24) is 5.32 Å². The van der Waals surface area contributed by atoms with Crippen LogP contribution in [0.2, 0.25) is 0 Å². The summed E-state index contributed by atoms with van der Waals surface area (Å²) in [6.45, 7) is 2.29. The minimum atomic E-state index is 0.689. The van der Waals surface area contributed by atoms with Crippen LogP contribution in [0.4, 0.5) is 0 Å². The fraction of sp³-hybridized carbons (Fsp3) is 0.789. The first-order valence-electron chi connectivity index (χ1n) is 9.10. The Balaban J connectivity index is 1.72. The number of hydrogen-bond acceptors (Lipinski definition) is 2. The highest BCUT2D eigenvalue weighted by Crippen LogP contribution is 2.38. The van der Waals surface area contributed by atoms with Crippen molar-refractivity contribution in [2.45, 2.75) is 89.5 Å². The van der Waals surface area contributed by atoms with E-state index in [1.807, 2.05) is 11.3 Å². The minimum absolute atomic E-state index is 0.689. The molecule has 0 bridgehead atoms. The summed E-state index contributed by atoms with van der Waals surface area (Å²) in [6.07, 6.45) is 15.3. The van der Waals surface area contributed by atoms with E-state index in [1.54, 1.807) is 10.4 Å². The molecule has 1 aliphatic rings. The van der Waals surface area contributed by atoms with E-state index in [2.05, 4.69) is 30.7 Å². The first-order chi connectivity index (χ1) is 10.4. The maximum atomic E-state index is 3.62. The van der Waals surface area contributed by atoms with E-state index < -0.39 is 0 Å². The molecule has 1 aromatic heterocycles. The van der Waals surface area contributed by atoms with Crippen LogP contribution in [0.1, 0.15) is 87.5 Å². The summed E-state index contributed by atoms with van der Waals surface area (Å²) in [7, 11) is 2.16. The zero-order chi connectivity index (χ0) is 14.9. The molecule has 21 heavy (non-hydrogen) atoms. The van der Waals surface area contributed by atoms with Gasteiger partial charge < -0.3 is 5.32 Å². The molecule has 1 aliphatic carbocycles. The lowest BCUT2D eigenvalue weighted by Gasteiger charge is -2.30. The third-order valence-corrected chi connectivity index (χ3v) is 6.07. The average molecular weight is 308 g/mol. The van der Waals surface area contributed by atoms with Crippen LogP contribution in [0.5, 0.6) is 0 Å². The average Bonchev–Trinajstić information content (AvgIpc) is 2.99. The van der Waals surface area contributed by atoms with Crippen LogP contribution in [0.15, 0.2) is 11.4 Å². The molecule has 1 aromatic rings. The molecule has 2 rings (SSSR count). The molecule has 2 unspecified atom stereocenters. The molecular formula is C19H33NS. The molecule has 0 radical (unpaired) electrons. The minimum Gasteiger partial charge on any atom is -0.316 e. The van der Waals surface area contributed by atoms with Gasteiger partial charge in [0.2, 0.25) is 0 Å². The highest BCUT2D eigenvalue weighted by Gasteiger charge is 2.27. The van der Waals surface area contributed by atoms with Crippen LogP contribution in [0.25, 0.3) is 0 Å². The van der Waals surface area contributed by atoms with Gasteiger partial charge in [0.25, 0.3) is 0 Å². The fourth-order valence-corrected chi connectivity index (χ4v) is 4.80. The molecule has 0 fully saturated rings. The number of fused-ring (bicyclic) bond motifs is 1. The molecular weight excluding hydrogens is 274 g/mol. The lowest BCUT2D eigenvalue weighted by molar-refractivity contribution is 0.382. The fourth-order valence-electron chi connectivity index (χ4n) is 3.81. The van der Waals surface area contributed by atoms with Gasteiger partial charge in [-0.3, -0.25) is 0 Å². The van der Waals surface area contributed by atoms with Crippen LogP contribution in [0, 0.1) is 0 Å². The number of aryl methyl sites for hydroxylation is 1. The summed E-state index contributed by atoms with van der Waals surface area (Å²) < 4.78 is 0. The standard InChI is InChI=1S/C19H33NS/c1-3-4-5-6-7-8-9-12-18(20-2)16-11-10-13-19-17(16)14-15-21-19/h14-16,18,20H,3-13H2,1-2H3. The second kappa shape index (κ2) is 9.63. The topological polar surface area (TPSA) is 12.0 Å². The summed E-state index contributed by atoms with van der Waals surface area (Å²) >= 11 is 1.97. The van der Waals surface area contributed by atoms with Crippen molar-refractivity contribution < 1.29 is 0 Å². The van der Waals surface area contributed by atoms with Crippen LogP contribution >= 0.6 is 11.3 Å². The van der Waals surface area contributed by atoms with Gasteiger partial charge in [-0.2, -0.15) is 0 Å². The van der Waals surface area contributed by atoms with Gasteiger partial charge in [-0.15, -0.1) is 11.3 Å². The monoisotopic (exact) mass is 307 g/mol. The first-order valence-corrected chi connectivity index (χ1v) is 9.98. The molecule has 1 nitrogen and oxygen atoms in total. The van der Waals surface area contributed by atoms with Gasteiger partial charge in [0.15, 0.2) is 0 Å². The van der Waals surface area contributed by atoms with Gasteiger partial charge in [-0.1, -0.05) is 51.9 Å². The zero-order valence-corrected chi connectivity index (χ0v) is 14.8. The van der Waals surface area contributed by atoms with Crippen LogP contribution in [-0.4, -0.2) is 13.1 Å². The number of nitrogens with one attached hydrogen (secondary N) is 1. The normalized spacial score (nSPS) is 19.4. The van der Waals surface area contributed by atoms with E-state index in [-0.39, 0.29) is 0 Å². The second-order valence-corrected chi connectivity index (χ2v) is 7.60. The Kier molecular flexibility index (Phi) is 7.81. The Morgan fingerprint density at radius 1 is 1.19 bits per heavy atom. The zero-order valence-electron chi connectivity index (χ0n) is 14.0. The van der Waals surface area contributed by atoms with E-state index in [0.29, 0.717) is 6.04 Å². The summed E-state index contributed by atoms with van der Waals surface area (Å²) in [4.78, 5) is 1.66. The molecule has 2 heteroatoms.